The van der Waals surface area contributed by atoms with Gasteiger partial charge in [-0.1, -0.05) is 0 Å². The molecular weight excluding hydrogens is 198 g/mol. The molecule has 0 aromatic heterocycles. The summed E-state index contributed by atoms with van der Waals surface area (Å²) in [5, 5.41) is 41.2. The Labute approximate surface area is 79.2 Å². The first-order valence-corrected chi connectivity index (χ1v) is 3.45. The smallest absolute Gasteiger partial charge is 0.402 e. The lowest BCUT2D eigenvalue weighted by Crippen LogP contribution is -2.40. The van der Waals surface area contributed by atoms with Crippen LogP contribution < -0.4 is 5.73 Å². The molecule has 1 amide bonds. The van der Waals surface area contributed by atoms with Crippen LogP contribution in [0.25, 0.3) is 0 Å². The van der Waals surface area contributed by atoms with E-state index in [1.807, 2.05) is 0 Å². The number of aliphatic hydroxyl groups excluding tert-OH is 4. The number of rotatable bonds is 4. The summed E-state index contributed by atoms with van der Waals surface area (Å²) in [5.41, 5.74) is 4.03. The summed E-state index contributed by atoms with van der Waals surface area (Å²) in [6.07, 6.45) is -5.96. The number of carbonyl (C=O) groups excluding carboxylic acids is 1. The number of hydrogen-bond acceptors (Lipinski definition) is 6. The fraction of sp³-hybridized carbons (Fsp3) is 0.667. The molecule has 8 nitrogen and oxygen atoms in total. The fourth-order valence-corrected chi connectivity index (χ4v) is 0.416. The van der Waals surface area contributed by atoms with Crippen LogP contribution in [0.1, 0.15) is 0 Å². The van der Waals surface area contributed by atoms with Crippen molar-refractivity contribution in [2.45, 2.75) is 18.3 Å². The first-order chi connectivity index (χ1) is 6.36. The van der Waals surface area contributed by atoms with Crippen LogP contribution in [-0.4, -0.2) is 62.8 Å². The third kappa shape index (κ3) is 8.87. The number of nitrogens with two attached hydrogens (primary N) is 1. The van der Waals surface area contributed by atoms with Crippen molar-refractivity contribution in [3.05, 3.63) is 0 Å². The van der Waals surface area contributed by atoms with E-state index in [4.69, 9.17) is 30.3 Å². The Morgan fingerprint density at radius 2 is 1.71 bits per heavy atom. The zero-order chi connectivity index (χ0) is 11.7. The molecule has 7 N–H and O–H groups in total. The maximum atomic E-state index is 9.76. The maximum absolute atomic E-state index is 9.76. The van der Waals surface area contributed by atoms with E-state index in [2.05, 4.69) is 5.73 Å². The van der Waals surface area contributed by atoms with Gasteiger partial charge in [-0.15, -0.1) is 0 Å². The molecule has 0 unspecified atom stereocenters. The van der Waals surface area contributed by atoms with E-state index >= 15 is 0 Å². The largest absolute Gasteiger partial charge is 0.465 e. The topological polar surface area (TPSA) is 161 Å². The predicted molar refractivity (Wildman–Crippen MR) is 43.4 cm³/mol. The molecule has 0 aromatic carbocycles. The van der Waals surface area contributed by atoms with Gasteiger partial charge in [0, 0.05) is 0 Å². The quantitative estimate of drug-likeness (QED) is 0.268. The molecule has 0 heterocycles. The number of hydrogen-bond donors (Lipinski definition) is 6. The number of amides is 1. The van der Waals surface area contributed by atoms with Crippen molar-refractivity contribution in [1.29, 1.82) is 0 Å². The van der Waals surface area contributed by atoms with Gasteiger partial charge < -0.3 is 36.1 Å². The van der Waals surface area contributed by atoms with Crippen LogP contribution >= 0.6 is 0 Å². The Bertz CT molecular complexity index is 170. The third-order valence-electron chi connectivity index (χ3n) is 1.07. The Kier molecular flexibility index (Phi) is 9.14. The summed E-state index contributed by atoms with van der Waals surface area (Å²) in [7, 11) is 0. The molecule has 84 valence electrons. The summed E-state index contributed by atoms with van der Waals surface area (Å²) in [6.45, 7) is -0.688. The van der Waals surface area contributed by atoms with Crippen molar-refractivity contribution < 1.29 is 35.1 Å². The van der Waals surface area contributed by atoms with Gasteiger partial charge in [-0.3, -0.25) is 0 Å². The molecule has 0 spiro atoms. The minimum Gasteiger partial charge on any atom is -0.465 e. The second-order valence-electron chi connectivity index (χ2n) is 2.21. The van der Waals surface area contributed by atoms with E-state index in [1.165, 1.54) is 0 Å². The van der Waals surface area contributed by atoms with E-state index in [-0.39, 0.29) is 6.29 Å². The van der Waals surface area contributed by atoms with Gasteiger partial charge in [0.2, 0.25) is 0 Å². The number of carboxylic acid groups (broad SMARTS) is 1. The molecule has 0 aliphatic carbocycles. The Morgan fingerprint density at radius 3 is 1.93 bits per heavy atom. The zero-order valence-electron chi connectivity index (χ0n) is 7.15. The number of primary amides is 1. The average molecular weight is 211 g/mol. The normalized spacial score (nSPS) is 15.7. The first-order valence-electron chi connectivity index (χ1n) is 3.45. The Balaban J connectivity index is 0. The molecule has 0 bridgehead atoms. The summed E-state index contributed by atoms with van der Waals surface area (Å²) < 4.78 is 0. The fourth-order valence-electron chi connectivity index (χ4n) is 0.416. The Morgan fingerprint density at radius 1 is 1.36 bits per heavy atom. The average Bonchev–Trinajstić information content (AvgIpc) is 2.13. The molecule has 0 aliphatic heterocycles. The summed E-state index contributed by atoms with van der Waals surface area (Å²) in [6, 6.07) is 0. The van der Waals surface area contributed by atoms with E-state index in [9.17, 15) is 4.79 Å². The van der Waals surface area contributed by atoms with Crippen LogP contribution in [0.5, 0.6) is 0 Å². The number of carbonyl (C=O) groups is 2. The summed E-state index contributed by atoms with van der Waals surface area (Å²) >= 11 is 0. The van der Waals surface area contributed by atoms with E-state index in [0.29, 0.717) is 0 Å². The maximum Gasteiger partial charge on any atom is 0.402 e. The van der Waals surface area contributed by atoms with Crippen molar-refractivity contribution in [1.82, 2.24) is 0 Å². The molecule has 3 atom stereocenters. The number of aliphatic hydroxyl groups is 4. The minimum absolute atomic E-state index is 0.0869. The first kappa shape index (κ1) is 15.3. The lowest BCUT2D eigenvalue weighted by Gasteiger charge is -2.16. The van der Waals surface area contributed by atoms with Crippen LogP contribution in [0, 0.1) is 0 Å². The molecule has 0 aliphatic rings. The van der Waals surface area contributed by atoms with E-state index < -0.39 is 31.0 Å². The summed E-state index contributed by atoms with van der Waals surface area (Å²) in [5.74, 6) is 0. The van der Waals surface area contributed by atoms with Gasteiger partial charge in [0.25, 0.3) is 0 Å². The van der Waals surface area contributed by atoms with Crippen molar-refractivity contribution in [2.75, 3.05) is 6.61 Å². The molecule has 0 radical (unpaired) electrons. The van der Waals surface area contributed by atoms with Gasteiger partial charge in [0.15, 0.2) is 6.29 Å². The van der Waals surface area contributed by atoms with Crippen LogP contribution in [-0.2, 0) is 4.79 Å². The van der Waals surface area contributed by atoms with Crippen molar-refractivity contribution in [3.63, 3.8) is 0 Å². The van der Waals surface area contributed by atoms with E-state index in [0.717, 1.165) is 0 Å². The highest BCUT2D eigenvalue weighted by molar-refractivity contribution is 5.61. The van der Waals surface area contributed by atoms with Crippen LogP contribution in [0.3, 0.4) is 0 Å². The molecule has 0 saturated heterocycles. The molecule has 8 heteroatoms. The highest BCUT2D eigenvalue weighted by Gasteiger charge is 2.22. The second kappa shape index (κ2) is 8.38. The third-order valence-corrected chi connectivity index (χ3v) is 1.07. The van der Waals surface area contributed by atoms with Crippen LogP contribution in [0.4, 0.5) is 4.79 Å². The second-order valence-corrected chi connectivity index (χ2v) is 2.21. The van der Waals surface area contributed by atoms with Gasteiger partial charge in [-0.2, -0.15) is 0 Å². The SMILES string of the molecule is NC(=O)O.O=C[C@H](O)[C@@H](O)[C@H](O)CO. The number of aldehydes is 1. The highest BCUT2D eigenvalue weighted by Crippen LogP contribution is 1.96. The molecule has 0 fully saturated rings. The highest BCUT2D eigenvalue weighted by atomic mass is 16.4. The van der Waals surface area contributed by atoms with Crippen molar-refractivity contribution in [2.24, 2.45) is 5.73 Å². The molecule has 0 rings (SSSR count). The lowest BCUT2D eigenvalue weighted by atomic mass is 10.1. The van der Waals surface area contributed by atoms with Gasteiger partial charge >= 0.3 is 6.09 Å². The minimum atomic E-state index is -1.64. The van der Waals surface area contributed by atoms with Crippen LogP contribution in [0.15, 0.2) is 0 Å². The van der Waals surface area contributed by atoms with Gasteiger partial charge in [0.05, 0.1) is 6.61 Å². The van der Waals surface area contributed by atoms with Crippen LogP contribution in [0.2, 0.25) is 0 Å². The summed E-state index contributed by atoms with van der Waals surface area (Å²) in [4.78, 5) is 18.5. The van der Waals surface area contributed by atoms with Gasteiger partial charge in [-0.05, 0) is 0 Å². The van der Waals surface area contributed by atoms with Crippen molar-refractivity contribution >= 4 is 12.4 Å². The van der Waals surface area contributed by atoms with Gasteiger partial charge in [-0.25, -0.2) is 4.79 Å². The zero-order valence-corrected chi connectivity index (χ0v) is 7.15. The van der Waals surface area contributed by atoms with E-state index in [1.54, 1.807) is 0 Å². The standard InChI is InChI=1S/C5H10O5.CH3NO2/c6-1-3(8)5(10)4(9)2-7;2-1(3)4/h1,3-5,7-10H,2H2;2H2,(H,3,4)/t3-,4+,5+;/m0./s1. The monoisotopic (exact) mass is 211 g/mol. The molecule has 14 heavy (non-hydrogen) atoms. The predicted octanol–water partition coefficient (Wildman–Crippen LogP) is -3.12. The molecule has 0 aromatic rings. The molecular formula is C6H13NO7. The van der Waals surface area contributed by atoms with Crippen molar-refractivity contribution in [3.8, 4) is 0 Å². The molecule has 0 saturated carbocycles. The van der Waals surface area contributed by atoms with Gasteiger partial charge in [0.1, 0.15) is 18.3 Å². The Hall–Kier alpha value is -1.22. The lowest BCUT2D eigenvalue weighted by molar-refractivity contribution is -0.127.